The van der Waals surface area contributed by atoms with Gasteiger partial charge in [-0.1, -0.05) is 6.07 Å². The van der Waals surface area contributed by atoms with Gasteiger partial charge in [-0.3, -0.25) is 4.72 Å². The van der Waals surface area contributed by atoms with Gasteiger partial charge in [0.1, 0.15) is 0 Å². The number of nitrogens with one attached hydrogen (secondary N) is 1. The van der Waals surface area contributed by atoms with Crippen LogP contribution in [0.15, 0.2) is 12.1 Å². The van der Waals surface area contributed by atoms with Crippen molar-refractivity contribution in [2.45, 2.75) is 31.9 Å². The van der Waals surface area contributed by atoms with Gasteiger partial charge in [0, 0.05) is 5.69 Å². The van der Waals surface area contributed by atoms with Gasteiger partial charge in [0.05, 0.1) is 10.9 Å². The van der Waals surface area contributed by atoms with Gasteiger partial charge in [-0.15, -0.1) is 0 Å². The van der Waals surface area contributed by atoms with Crippen molar-refractivity contribution in [3.05, 3.63) is 23.3 Å². The smallest absolute Gasteiger partial charge is 0.235 e. The van der Waals surface area contributed by atoms with E-state index < -0.39 is 10.0 Å². The van der Waals surface area contributed by atoms with Gasteiger partial charge in [-0.2, -0.15) is 0 Å². The molecule has 0 heterocycles. The number of sulfonamides is 1. The Kier molecular flexibility index (Phi) is 2.58. The fourth-order valence-electron chi connectivity index (χ4n) is 1.59. The van der Waals surface area contributed by atoms with E-state index in [2.05, 4.69) is 4.72 Å². The highest BCUT2D eigenvalue weighted by Gasteiger charge is 2.35. The fraction of sp³-hybridized carbons (Fsp3) is 0.455. The van der Waals surface area contributed by atoms with E-state index in [1.54, 1.807) is 6.07 Å². The lowest BCUT2D eigenvalue weighted by atomic mass is 10.1. The summed E-state index contributed by atoms with van der Waals surface area (Å²) in [6.45, 7) is 3.73. The van der Waals surface area contributed by atoms with Gasteiger partial charge in [-0.05, 0) is 43.9 Å². The summed E-state index contributed by atoms with van der Waals surface area (Å²) in [7, 11) is -3.20. The minimum atomic E-state index is -3.20. The van der Waals surface area contributed by atoms with Crippen LogP contribution in [0, 0.1) is 13.8 Å². The predicted octanol–water partition coefficient (Wildman–Crippen LogP) is 1.79. The topological polar surface area (TPSA) is 72.2 Å². The molecule has 0 unspecified atom stereocenters. The molecule has 0 saturated heterocycles. The zero-order valence-corrected chi connectivity index (χ0v) is 10.3. The fourth-order valence-corrected chi connectivity index (χ4v) is 3.04. The van der Waals surface area contributed by atoms with Crippen LogP contribution in [-0.4, -0.2) is 13.7 Å². The van der Waals surface area contributed by atoms with Gasteiger partial charge < -0.3 is 5.73 Å². The van der Waals surface area contributed by atoms with Crippen LogP contribution in [0.4, 0.5) is 11.4 Å². The van der Waals surface area contributed by atoms with Crippen LogP contribution in [0.25, 0.3) is 0 Å². The monoisotopic (exact) mass is 240 g/mol. The Morgan fingerprint density at radius 1 is 1.31 bits per heavy atom. The Morgan fingerprint density at radius 2 is 1.94 bits per heavy atom. The Hall–Kier alpha value is -1.23. The molecule has 0 aliphatic heterocycles. The number of rotatable bonds is 3. The third-order valence-electron chi connectivity index (χ3n) is 2.95. The lowest BCUT2D eigenvalue weighted by Gasteiger charge is -2.13. The van der Waals surface area contributed by atoms with Crippen LogP contribution in [0.1, 0.15) is 24.0 Å². The molecular weight excluding hydrogens is 224 g/mol. The van der Waals surface area contributed by atoms with Crippen molar-refractivity contribution >= 4 is 21.4 Å². The summed E-state index contributed by atoms with van der Waals surface area (Å²) in [5.41, 5.74) is 8.86. The number of benzene rings is 1. The summed E-state index contributed by atoms with van der Waals surface area (Å²) in [5.74, 6) is 0. The quantitative estimate of drug-likeness (QED) is 0.791. The van der Waals surface area contributed by atoms with Gasteiger partial charge in [0.15, 0.2) is 0 Å². The maximum Gasteiger partial charge on any atom is 0.235 e. The minimum absolute atomic E-state index is 0.213. The first kappa shape index (κ1) is 11.3. The second kappa shape index (κ2) is 3.66. The number of hydrogen-bond donors (Lipinski definition) is 2. The molecule has 5 heteroatoms. The molecule has 0 radical (unpaired) electrons. The Morgan fingerprint density at radius 3 is 2.50 bits per heavy atom. The van der Waals surface area contributed by atoms with Crippen LogP contribution in [-0.2, 0) is 10.0 Å². The molecule has 1 saturated carbocycles. The number of nitrogen functional groups attached to an aromatic ring is 1. The zero-order valence-electron chi connectivity index (χ0n) is 9.45. The molecular formula is C11H16N2O2S. The summed E-state index contributed by atoms with van der Waals surface area (Å²) in [4.78, 5) is 0. The lowest BCUT2D eigenvalue weighted by Crippen LogP contribution is -2.18. The molecule has 1 aromatic carbocycles. The van der Waals surface area contributed by atoms with Gasteiger partial charge in [-0.25, -0.2) is 8.42 Å². The van der Waals surface area contributed by atoms with Crippen molar-refractivity contribution in [3.8, 4) is 0 Å². The first-order valence-corrected chi connectivity index (χ1v) is 6.84. The molecule has 0 atom stereocenters. The third-order valence-corrected chi connectivity index (χ3v) is 4.80. The molecule has 88 valence electrons. The van der Waals surface area contributed by atoms with Crippen molar-refractivity contribution in [1.82, 2.24) is 0 Å². The second-order valence-electron chi connectivity index (χ2n) is 4.32. The molecule has 1 aromatic rings. The van der Waals surface area contributed by atoms with Crippen LogP contribution in [0.5, 0.6) is 0 Å². The van der Waals surface area contributed by atoms with E-state index in [1.165, 1.54) is 0 Å². The first-order valence-electron chi connectivity index (χ1n) is 5.29. The Balaban J connectivity index is 2.32. The van der Waals surface area contributed by atoms with Gasteiger partial charge >= 0.3 is 0 Å². The molecule has 0 aromatic heterocycles. The molecule has 16 heavy (non-hydrogen) atoms. The highest BCUT2D eigenvalue weighted by molar-refractivity contribution is 7.93. The average Bonchev–Trinajstić information content (AvgIpc) is 3.02. The molecule has 1 fully saturated rings. The molecule has 0 bridgehead atoms. The summed E-state index contributed by atoms with van der Waals surface area (Å²) in [6, 6.07) is 3.59. The average molecular weight is 240 g/mol. The summed E-state index contributed by atoms with van der Waals surface area (Å²) >= 11 is 0. The van der Waals surface area contributed by atoms with Gasteiger partial charge in [0.25, 0.3) is 0 Å². The van der Waals surface area contributed by atoms with Crippen molar-refractivity contribution < 1.29 is 8.42 Å². The first-order chi connectivity index (χ1) is 7.42. The lowest BCUT2D eigenvalue weighted by molar-refractivity contribution is 0.600. The summed E-state index contributed by atoms with van der Waals surface area (Å²) in [6.07, 6.45) is 1.52. The largest absolute Gasteiger partial charge is 0.398 e. The summed E-state index contributed by atoms with van der Waals surface area (Å²) < 4.78 is 26.1. The van der Waals surface area contributed by atoms with E-state index in [0.29, 0.717) is 11.4 Å². The van der Waals surface area contributed by atoms with Crippen molar-refractivity contribution in [2.75, 3.05) is 10.5 Å². The number of hydrogen-bond acceptors (Lipinski definition) is 3. The standard InChI is InChI=1S/C11H16N2O2S/c1-7-3-6-10(8(2)11(7)12)13-16(14,15)9-4-5-9/h3,6,9,13H,4-5,12H2,1-2H3. The maximum absolute atomic E-state index is 11.8. The molecule has 0 spiro atoms. The highest BCUT2D eigenvalue weighted by atomic mass is 32.2. The Labute approximate surface area is 95.9 Å². The molecule has 1 aliphatic rings. The molecule has 2 rings (SSSR count). The van der Waals surface area contributed by atoms with Gasteiger partial charge in [0.2, 0.25) is 10.0 Å². The molecule has 3 N–H and O–H groups in total. The summed E-state index contributed by atoms with van der Waals surface area (Å²) in [5, 5.41) is -0.213. The SMILES string of the molecule is Cc1ccc(NS(=O)(=O)C2CC2)c(C)c1N. The third kappa shape index (κ3) is 2.00. The molecule has 1 aliphatic carbocycles. The van der Waals surface area contributed by atoms with Crippen LogP contribution in [0.3, 0.4) is 0 Å². The normalized spacial score (nSPS) is 16.1. The van der Waals surface area contributed by atoms with E-state index in [4.69, 9.17) is 5.73 Å². The van der Waals surface area contributed by atoms with E-state index in [1.807, 2.05) is 19.9 Å². The number of nitrogens with two attached hydrogens (primary N) is 1. The van der Waals surface area contributed by atoms with E-state index in [-0.39, 0.29) is 5.25 Å². The van der Waals surface area contributed by atoms with Crippen LogP contribution < -0.4 is 10.5 Å². The molecule has 4 nitrogen and oxygen atoms in total. The van der Waals surface area contributed by atoms with Crippen molar-refractivity contribution in [1.29, 1.82) is 0 Å². The van der Waals surface area contributed by atoms with Crippen LogP contribution in [0.2, 0.25) is 0 Å². The van der Waals surface area contributed by atoms with E-state index >= 15 is 0 Å². The molecule has 0 amide bonds. The Bertz CT molecular complexity index is 519. The van der Waals surface area contributed by atoms with Crippen molar-refractivity contribution in [3.63, 3.8) is 0 Å². The number of aryl methyl sites for hydroxylation is 1. The highest BCUT2D eigenvalue weighted by Crippen LogP contribution is 2.32. The predicted molar refractivity (Wildman–Crippen MR) is 65.9 cm³/mol. The van der Waals surface area contributed by atoms with E-state index in [9.17, 15) is 8.42 Å². The van der Waals surface area contributed by atoms with Crippen LogP contribution >= 0.6 is 0 Å². The van der Waals surface area contributed by atoms with Crippen molar-refractivity contribution in [2.24, 2.45) is 0 Å². The zero-order chi connectivity index (χ0) is 11.9. The maximum atomic E-state index is 11.8. The number of anilines is 2. The van der Waals surface area contributed by atoms with E-state index in [0.717, 1.165) is 24.0 Å². The minimum Gasteiger partial charge on any atom is -0.398 e. The second-order valence-corrected chi connectivity index (χ2v) is 6.28.